The van der Waals surface area contributed by atoms with Crippen LogP contribution in [0.15, 0.2) is 47.8 Å². The molecule has 1 aromatic carbocycles. The Morgan fingerprint density at radius 3 is 2.95 bits per heavy atom. The Labute approximate surface area is 115 Å². The standard InChI is InChI=1S/C16H22N2O/c1-3-4-10-17-13(2)11-15-12-16(18-19-15)14-8-6-5-7-9-14/h5-9,15,17H,2-4,10-12H2,1H3. The molecule has 0 aliphatic carbocycles. The van der Waals surface area contributed by atoms with Gasteiger partial charge in [0, 0.05) is 25.1 Å². The quantitative estimate of drug-likeness (QED) is 0.760. The number of oxime groups is 1. The molecule has 1 aromatic rings. The van der Waals surface area contributed by atoms with Crippen molar-refractivity contribution in [1.29, 1.82) is 0 Å². The van der Waals surface area contributed by atoms with Gasteiger partial charge < -0.3 is 10.2 Å². The topological polar surface area (TPSA) is 33.6 Å². The Hall–Kier alpha value is -1.77. The van der Waals surface area contributed by atoms with E-state index in [1.807, 2.05) is 18.2 Å². The molecule has 19 heavy (non-hydrogen) atoms. The molecule has 1 atom stereocenters. The molecule has 1 unspecified atom stereocenters. The van der Waals surface area contributed by atoms with Crippen LogP contribution in [-0.4, -0.2) is 18.4 Å². The fourth-order valence-corrected chi connectivity index (χ4v) is 2.13. The zero-order valence-corrected chi connectivity index (χ0v) is 11.6. The molecule has 1 N–H and O–H groups in total. The third kappa shape index (κ3) is 4.12. The summed E-state index contributed by atoms with van der Waals surface area (Å²) in [5.41, 5.74) is 3.23. The fourth-order valence-electron chi connectivity index (χ4n) is 2.13. The second-order valence-electron chi connectivity index (χ2n) is 4.92. The SMILES string of the molecule is C=C(CC1CC(c2ccccc2)=NO1)NCCCC. The smallest absolute Gasteiger partial charge is 0.138 e. The predicted molar refractivity (Wildman–Crippen MR) is 79.1 cm³/mol. The van der Waals surface area contributed by atoms with Crippen molar-refractivity contribution < 1.29 is 4.84 Å². The first kappa shape index (κ1) is 13.7. The summed E-state index contributed by atoms with van der Waals surface area (Å²) in [6.07, 6.45) is 4.18. The van der Waals surface area contributed by atoms with Gasteiger partial charge in [-0.25, -0.2) is 0 Å². The van der Waals surface area contributed by atoms with Crippen molar-refractivity contribution in [3.63, 3.8) is 0 Å². The van der Waals surface area contributed by atoms with Crippen LogP contribution in [0.4, 0.5) is 0 Å². The van der Waals surface area contributed by atoms with Gasteiger partial charge in [-0.2, -0.15) is 0 Å². The Morgan fingerprint density at radius 2 is 2.21 bits per heavy atom. The molecular weight excluding hydrogens is 236 g/mol. The van der Waals surface area contributed by atoms with Crippen molar-refractivity contribution in [2.24, 2.45) is 5.16 Å². The van der Waals surface area contributed by atoms with E-state index in [-0.39, 0.29) is 6.10 Å². The van der Waals surface area contributed by atoms with Crippen molar-refractivity contribution in [1.82, 2.24) is 5.32 Å². The van der Waals surface area contributed by atoms with E-state index in [9.17, 15) is 0 Å². The van der Waals surface area contributed by atoms with Crippen molar-refractivity contribution >= 4 is 5.71 Å². The molecule has 0 saturated carbocycles. The van der Waals surface area contributed by atoms with Gasteiger partial charge in [0.25, 0.3) is 0 Å². The van der Waals surface area contributed by atoms with Gasteiger partial charge in [-0.1, -0.05) is 55.4 Å². The molecule has 102 valence electrons. The molecule has 1 aliphatic heterocycles. The van der Waals surface area contributed by atoms with Gasteiger partial charge in [-0.05, 0) is 12.0 Å². The molecule has 1 heterocycles. The zero-order valence-electron chi connectivity index (χ0n) is 11.6. The summed E-state index contributed by atoms with van der Waals surface area (Å²) in [4.78, 5) is 5.48. The van der Waals surface area contributed by atoms with Crippen molar-refractivity contribution in [3.8, 4) is 0 Å². The van der Waals surface area contributed by atoms with Crippen LogP contribution >= 0.6 is 0 Å². The highest BCUT2D eigenvalue weighted by Crippen LogP contribution is 2.20. The molecule has 3 heteroatoms. The molecule has 0 fully saturated rings. The zero-order chi connectivity index (χ0) is 13.5. The molecule has 0 aromatic heterocycles. The maximum atomic E-state index is 5.48. The summed E-state index contributed by atoms with van der Waals surface area (Å²) < 4.78 is 0. The van der Waals surface area contributed by atoms with Crippen LogP contribution < -0.4 is 5.32 Å². The minimum absolute atomic E-state index is 0.122. The number of rotatable bonds is 7. The third-order valence-corrected chi connectivity index (χ3v) is 3.22. The number of hydrogen-bond donors (Lipinski definition) is 1. The molecule has 0 radical (unpaired) electrons. The van der Waals surface area contributed by atoms with Gasteiger partial charge in [0.1, 0.15) is 6.10 Å². The monoisotopic (exact) mass is 258 g/mol. The Balaban J connectivity index is 1.77. The molecular formula is C16H22N2O. The van der Waals surface area contributed by atoms with E-state index in [1.165, 1.54) is 12.8 Å². The van der Waals surface area contributed by atoms with Crippen LogP contribution in [0.25, 0.3) is 0 Å². The highest BCUT2D eigenvalue weighted by molar-refractivity contribution is 6.01. The molecule has 0 amide bonds. The Kier molecular flexibility index (Phi) is 5.01. The number of benzene rings is 1. The lowest BCUT2D eigenvalue weighted by Gasteiger charge is -2.12. The normalized spacial score (nSPS) is 17.7. The van der Waals surface area contributed by atoms with E-state index in [2.05, 4.69) is 36.1 Å². The highest BCUT2D eigenvalue weighted by Gasteiger charge is 2.22. The van der Waals surface area contributed by atoms with E-state index in [0.717, 1.165) is 36.4 Å². The van der Waals surface area contributed by atoms with Crippen molar-refractivity contribution in [3.05, 3.63) is 48.2 Å². The van der Waals surface area contributed by atoms with Crippen LogP contribution in [0.5, 0.6) is 0 Å². The van der Waals surface area contributed by atoms with Gasteiger partial charge in [-0.15, -0.1) is 0 Å². The first-order valence-corrected chi connectivity index (χ1v) is 6.99. The fraction of sp³-hybridized carbons (Fsp3) is 0.438. The molecule has 0 bridgehead atoms. The van der Waals surface area contributed by atoms with Crippen LogP contribution in [0.3, 0.4) is 0 Å². The average molecular weight is 258 g/mol. The summed E-state index contributed by atoms with van der Waals surface area (Å²) in [6.45, 7) is 7.23. The number of unbranched alkanes of at least 4 members (excludes halogenated alkanes) is 1. The van der Waals surface area contributed by atoms with Gasteiger partial charge in [-0.3, -0.25) is 0 Å². The summed E-state index contributed by atoms with van der Waals surface area (Å²) in [5, 5.41) is 7.52. The van der Waals surface area contributed by atoms with E-state index < -0.39 is 0 Å². The highest BCUT2D eigenvalue weighted by atomic mass is 16.6. The van der Waals surface area contributed by atoms with E-state index in [4.69, 9.17) is 4.84 Å². The average Bonchev–Trinajstić information content (AvgIpc) is 2.88. The first-order valence-electron chi connectivity index (χ1n) is 6.99. The third-order valence-electron chi connectivity index (χ3n) is 3.22. The Morgan fingerprint density at radius 1 is 1.42 bits per heavy atom. The minimum atomic E-state index is 0.122. The van der Waals surface area contributed by atoms with Gasteiger partial charge in [0.05, 0.1) is 5.71 Å². The maximum Gasteiger partial charge on any atom is 0.138 e. The Bertz CT molecular complexity index is 439. The molecule has 2 rings (SSSR count). The maximum absolute atomic E-state index is 5.48. The summed E-state index contributed by atoms with van der Waals surface area (Å²) in [5.74, 6) is 0. The van der Waals surface area contributed by atoms with Crippen LogP contribution in [0, 0.1) is 0 Å². The predicted octanol–water partition coefficient (Wildman–Crippen LogP) is 3.47. The first-order chi connectivity index (χ1) is 9.29. The molecule has 0 saturated heterocycles. The van der Waals surface area contributed by atoms with Crippen LogP contribution in [-0.2, 0) is 4.84 Å². The molecule has 0 spiro atoms. The summed E-state index contributed by atoms with van der Waals surface area (Å²) >= 11 is 0. The second-order valence-corrected chi connectivity index (χ2v) is 4.92. The largest absolute Gasteiger partial charge is 0.391 e. The molecule has 1 aliphatic rings. The van der Waals surface area contributed by atoms with E-state index in [0.29, 0.717) is 0 Å². The van der Waals surface area contributed by atoms with Gasteiger partial charge in [0.15, 0.2) is 0 Å². The lowest BCUT2D eigenvalue weighted by Crippen LogP contribution is -2.19. The second kappa shape index (κ2) is 6.98. The van der Waals surface area contributed by atoms with Gasteiger partial charge in [0.2, 0.25) is 0 Å². The lowest BCUT2D eigenvalue weighted by molar-refractivity contribution is 0.0848. The molecule has 3 nitrogen and oxygen atoms in total. The van der Waals surface area contributed by atoms with Crippen molar-refractivity contribution in [2.75, 3.05) is 6.54 Å². The number of nitrogens with one attached hydrogen (secondary N) is 1. The number of hydrogen-bond acceptors (Lipinski definition) is 3. The lowest BCUT2D eigenvalue weighted by atomic mass is 10.0. The van der Waals surface area contributed by atoms with Crippen LogP contribution in [0.2, 0.25) is 0 Å². The van der Waals surface area contributed by atoms with E-state index in [1.54, 1.807) is 0 Å². The minimum Gasteiger partial charge on any atom is -0.391 e. The summed E-state index contributed by atoms with van der Waals surface area (Å²) in [7, 11) is 0. The van der Waals surface area contributed by atoms with E-state index >= 15 is 0 Å². The summed E-state index contributed by atoms with van der Waals surface area (Å²) in [6, 6.07) is 10.2. The number of nitrogens with zero attached hydrogens (tertiary/aromatic N) is 1. The van der Waals surface area contributed by atoms with Crippen molar-refractivity contribution in [2.45, 2.75) is 38.7 Å². The van der Waals surface area contributed by atoms with Gasteiger partial charge >= 0.3 is 0 Å². The van der Waals surface area contributed by atoms with Crippen LogP contribution in [0.1, 0.15) is 38.2 Å².